The summed E-state index contributed by atoms with van der Waals surface area (Å²) < 4.78 is 0. The predicted molar refractivity (Wildman–Crippen MR) is 82.8 cm³/mol. The van der Waals surface area contributed by atoms with Crippen LogP contribution in [0.15, 0.2) is 30.5 Å². The molecule has 1 fully saturated rings. The van der Waals surface area contributed by atoms with Crippen LogP contribution in [-0.2, 0) is 0 Å². The van der Waals surface area contributed by atoms with Gasteiger partial charge in [-0.05, 0) is 26.0 Å². The highest BCUT2D eigenvalue weighted by molar-refractivity contribution is 6.04. The van der Waals surface area contributed by atoms with Gasteiger partial charge >= 0.3 is 5.97 Å². The van der Waals surface area contributed by atoms with Crippen molar-refractivity contribution in [2.45, 2.75) is 18.9 Å². The number of para-hydroxylation sites is 1. The molecule has 5 nitrogen and oxygen atoms in total. The van der Waals surface area contributed by atoms with E-state index in [0.717, 1.165) is 24.0 Å². The number of benzene rings is 1. The van der Waals surface area contributed by atoms with Crippen molar-refractivity contribution >= 4 is 22.6 Å². The Morgan fingerprint density at radius 2 is 2.19 bits per heavy atom. The summed E-state index contributed by atoms with van der Waals surface area (Å²) in [5, 5.41) is 13.5. The molecule has 21 heavy (non-hydrogen) atoms. The van der Waals surface area contributed by atoms with Gasteiger partial charge < -0.3 is 15.3 Å². The molecule has 0 amide bonds. The number of anilines is 1. The van der Waals surface area contributed by atoms with Gasteiger partial charge in [0.2, 0.25) is 0 Å². The third-order valence-electron chi connectivity index (χ3n) is 3.94. The average molecular weight is 285 g/mol. The summed E-state index contributed by atoms with van der Waals surface area (Å²) in [6, 6.07) is 8.31. The molecule has 1 aromatic carbocycles. The van der Waals surface area contributed by atoms with E-state index in [4.69, 9.17) is 0 Å². The fourth-order valence-corrected chi connectivity index (χ4v) is 2.55. The van der Waals surface area contributed by atoms with Crippen molar-refractivity contribution < 1.29 is 9.90 Å². The van der Waals surface area contributed by atoms with E-state index in [0.29, 0.717) is 11.7 Å². The van der Waals surface area contributed by atoms with E-state index in [1.165, 1.54) is 19.0 Å². The molecule has 1 heterocycles. The number of hydrogen-bond donors (Lipinski definition) is 2. The number of carboxylic acids is 1. The van der Waals surface area contributed by atoms with Crippen LogP contribution in [0.4, 0.5) is 5.69 Å². The van der Waals surface area contributed by atoms with Crippen LogP contribution in [0.25, 0.3) is 10.9 Å². The number of fused-ring (bicyclic) bond motifs is 1. The Hall–Kier alpha value is -2.14. The van der Waals surface area contributed by atoms with E-state index in [1.807, 2.05) is 24.3 Å². The van der Waals surface area contributed by atoms with Gasteiger partial charge in [0.15, 0.2) is 0 Å². The van der Waals surface area contributed by atoms with E-state index in [2.05, 4.69) is 22.2 Å². The van der Waals surface area contributed by atoms with Crippen molar-refractivity contribution in [2.75, 3.05) is 25.5 Å². The van der Waals surface area contributed by atoms with Gasteiger partial charge in [0.25, 0.3) is 0 Å². The highest BCUT2D eigenvalue weighted by Gasteiger charge is 2.25. The van der Waals surface area contributed by atoms with Gasteiger partial charge in [0.05, 0.1) is 11.2 Å². The standard InChI is InChI=1S/C16H19N3O2/c1-19(11-6-7-11)9-8-17-15-12-4-2-3-5-14(12)18-10-13(15)16(20)21/h2-5,10-11H,6-9H2,1H3,(H,17,18)(H,20,21). The molecule has 110 valence electrons. The number of aromatic carboxylic acids is 1. The topological polar surface area (TPSA) is 65.5 Å². The fraction of sp³-hybridized carbons (Fsp3) is 0.375. The third kappa shape index (κ3) is 2.97. The number of rotatable bonds is 6. The Kier molecular flexibility index (Phi) is 3.75. The number of likely N-dealkylation sites (N-methyl/N-ethyl adjacent to an activating group) is 1. The minimum atomic E-state index is -0.952. The maximum absolute atomic E-state index is 11.4. The Morgan fingerprint density at radius 3 is 2.90 bits per heavy atom. The Balaban J connectivity index is 1.83. The summed E-state index contributed by atoms with van der Waals surface area (Å²) >= 11 is 0. The number of carboxylic acid groups (broad SMARTS) is 1. The highest BCUT2D eigenvalue weighted by Crippen LogP contribution is 2.27. The molecule has 0 radical (unpaired) electrons. The lowest BCUT2D eigenvalue weighted by atomic mass is 10.1. The Bertz CT molecular complexity index is 668. The first kappa shape index (κ1) is 13.8. The van der Waals surface area contributed by atoms with Gasteiger partial charge in [0.1, 0.15) is 5.56 Å². The molecule has 5 heteroatoms. The van der Waals surface area contributed by atoms with E-state index >= 15 is 0 Å². The third-order valence-corrected chi connectivity index (χ3v) is 3.94. The summed E-state index contributed by atoms with van der Waals surface area (Å²) in [5.41, 5.74) is 1.70. The van der Waals surface area contributed by atoms with Crippen LogP contribution in [0.5, 0.6) is 0 Å². The van der Waals surface area contributed by atoms with Gasteiger partial charge in [-0.2, -0.15) is 0 Å². The molecule has 2 N–H and O–H groups in total. The number of pyridine rings is 1. The molecule has 0 atom stereocenters. The molecule has 2 aromatic rings. The van der Waals surface area contributed by atoms with E-state index in [9.17, 15) is 9.90 Å². The number of aromatic nitrogens is 1. The molecule has 1 saturated carbocycles. The summed E-state index contributed by atoms with van der Waals surface area (Å²) in [6.07, 6.45) is 3.97. The van der Waals surface area contributed by atoms with Crippen LogP contribution >= 0.6 is 0 Å². The second-order valence-electron chi connectivity index (χ2n) is 5.51. The Labute approximate surface area is 123 Å². The second-order valence-corrected chi connectivity index (χ2v) is 5.51. The SMILES string of the molecule is CN(CCNc1c(C(=O)O)cnc2ccccc12)C1CC1. The maximum atomic E-state index is 11.4. The van der Waals surface area contributed by atoms with Crippen molar-refractivity contribution in [3.63, 3.8) is 0 Å². The maximum Gasteiger partial charge on any atom is 0.339 e. The number of nitrogens with one attached hydrogen (secondary N) is 1. The van der Waals surface area contributed by atoms with Crippen molar-refractivity contribution in [3.8, 4) is 0 Å². The molecular formula is C16H19N3O2. The molecule has 0 saturated heterocycles. The van der Waals surface area contributed by atoms with Crippen LogP contribution in [-0.4, -0.2) is 47.1 Å². The lowest BCUT2D eigenvalue weighted by molar-refractivity contribution is 0.0697. The predicted octanol–water partition coefficient (Wildman–Crippen LogP) is 2.44. The summed E-state index contributed by atoms with van der Waals surface area (Å²) in [4.78, 5) is 17.9. The van der Waals surface area contributed by atoms with E-state index in [-0.39, 0.29) is 5.56 Å². The van der Waals surface area contributed by atoms with Crippen LogP contribution in [0.1, 0.15) is 23.2 Å². The smallest absolute Gasteiger partial charge is 0.339 e. The molecule has 0 bridgehead atoms. The number of hydrogen-bond acceptors (Lipinski definition) is 4. The number of nitrogens with zero attached hydrogens (tertiary/aromatic N) is 2. The molecular weight excluding hydrogens is 266 g/mol. The first-order chi connectivity index (χ1) is 10.2. The van der Waals surface area contributed by atoms with Crippen molar-refractivity contribution in [1.29, 1.82) is 0 Å². The van der Waals surface area contributed by atoms with Crippen LogP contribution in [0.2, 0.25) is 0 Å². The minimum absolute atomic E-state index is 0.225. The molecule has 1 aliphatic carbocycles. The van der Waals surface area contributed by atoms with Crippen molar-refractivity contribution in [2.24, 2.45) is 0 Å². The number of carbonyl (C=O) groups is 1. The van der Waals surface area contributed by atoms with Gasteiger partial charge in [-0.1, -0.05) is 18.2 Å². The normalized spacial score (nSPS) is 14.6. The van der Waals surface area contributed by atoms with Gasteiger partial charge in [0, 0.05) is 30.7 Å². The second kappa shape index (κ2) is 5.69. The van der Waals surface area contributed by atoms with Gasteiger partial charge in [-0.3, -0.25) is 4.98 Å². The summed E-state index contributed by atoms with van der Waals surface area (Å²) in [7, 11) is 2.11. The van der Waals surface area contributed by atoms with E-state index in [1.54, 1.807) is 0 Å². The zero-order valence-corrected chi connectivity index (χ0v) is 12.0. The van der Waals surface area contributed by atoms with E-state index < -0.39 is 5.97 Å². The Morgan fingerprint density at radius 1 is 1.43 bits per heavy atom. The first-order valence-corrected chi connectivity index (χ1v) is 7.22. The molecule has 1 aromatic heterocycles. The van der Waals surface area contributed by atoms with Crippen LogP contribution in [0, 0.1) is 0 Å². The minimum Gasteiger partial charge on any atom is -0.478 e. The molecule has 1 aliphatic rings. The molecule has 0 spiro atoms. The zero-order valence-electron chi connectivity index (χ0n) is 12.0. The quantitative estimate of drug-likeness (QED) is 0.853. The highest BCUT2D eigenvalue weighted by atomic mass is 16.4. The van der Waals surface area contributed by atoms with Crippen molar-refractivity contribution in [3.05, 3.63) is 36.0 Å². The summed E-state index contributed by atoms with van der Waals surface area (Å²) in [6.45, 7) is 1.63. The largest absolute Gasteiger partial charge is 0.478 e. The van der Waals surface area contributed by atoms with Gasteiger partial charge in [-0.25, -0.2) is 4.79 Å². The average Bonchev–Trinajstić information content (AvgIpc) is 3.31. The fourth-order valence-electron chi connectivity index (χ4n) is 2.55. The lowest BCUT2D eigenvalue weighted by Gasteiger charge is -2.18. The van der Waals surface area contributed by atoms with Crippen LogP contribution < -0.4 is 5.32 Å². The first-order valence-electron chi connectivity index (χ1n) is 7.22. The monoisotopic (exact) mass is 285 g/mol. The van der Waals surface area contributed by atoms with Crippen LogP contribution in [0.3, 0.4) is 0 Å². The molecule has 3 rings (SSSR count). The molecule has 0 unspecified atom stereocenters. The zero-order chi connectivity index (χ0) is 14.8. The summed E-state index contributed by atoms with van der Waals surface area (Å²) in [5.74, 6) is -0.952. The van der Waals surface area contributed by atoms with Gasteiger partial charge in [-0.15, -0.1) is 0 Å². The van der Waals surface area contributed by atoms with Crippen molar-refractivity contribution in [1.82, 2.24) is 9.88 Å². The molecule has 0 aliphatic heterocycles. The lowest BCUT2D eigenvalue weighted by Crippen LogP contribution is -2.27.